The molecule has 1 amide bonds. The molecule has 0 unspecified atom stereocenters. The summed E-state index contributed by atoms with van der Waals surface area (Å²) in [6.45, 7) is 1.66. The van der Waals surface area contributed by atoms with Crippen LogP contribution in [0, 0.1) is 5.82 Å². The van der Waals surface area contributed by atoms with E-state index in [1.54, 1.807) is 17.4 Å². The van der Waals surface area contributed by atoms with Crippen molar-refractivity contribution < 1.29 is 9.18 Å². The monoisotopic (exact) mass is 419 g/mol. The minimum atomic E-state index is -0.463. The summed E-state index contributed by atoms with van der Waals surface area (Å²) in [4.78, 5) is 27.0. The van der Waals surface area contributed by atoms with Crippen molar-refractivity contribution in [3.8, 4) is 0 Å². The summed E-state index contributed by atoms with van der Waals surface area (Å²) in [6.07, 6.45) is 2.26. The van der Waals surface area contributed by atoms with Crippen molar-refractivity contribution in [2.24, 2.45) is 0 Å². The Morgan fingerprint density at radius 1 is 1.39 bits per heavy atom. The fourth-order valence-electron chi connectivity index (χ4n) is 3.32. The smallest absolute Gasteiger partial charge is 0.237 e. The first-order valence-corrected chi connectivity index (χ1v) is 10.0. The van der Waals surface area contributed by atoms with Gasteiger partial charge in [-0.05, 0) is 44.3 Å². The summed E-state index contributed by atoms with van der Waals surface area (Å²) < 4.78 is 13.4. The molecule has 6 nitrogen and oxygen atoms in total. The van der Waals surface area contributed by atoms with Gasteiger partial charge in [0.25, 0.3) is 0 Å². The summed E-state index contributed by atoms with van der Waals surface area (Å²) in [5, 5.41) is 4.24. The first kappa shape index (κ1) is 19.0. The van der Waals surface area contributed by atoms with E-state index in [0.29, 0.717) is 31.1 Å². The third kappa shape index (κ3) is 3.67. The largest absolute Gasteiger partial charge is 0.340 e. The van der Waals surface area contributed by atoms with Gasteiger partial charge < -0.3 is 15.1 Å². The molecular weight excluding hydrogens is 401 g/mol. The van der Waals surface area contributed by atoms with E-state index in [1.165, 1.54) is 24.0 Å². The summed E-state index contributed by atoms with van der Waals surface area (Å²) in [7, 11) is 3.78. The van der Waals surface area contributed by atoms with Gasteiger partial charge in [0.15, 0.2) is 0 Å². The second-order valence-electron chi connectivity index (χ2n) is 6.96. The van der Waals surface area contributed by atoms with Gasteiger partial charge in [0.1, 0.15) is 22.8 Å². The van der Waals surface area contributed by atoms with Crippen LogP contribution in [0.1, 0.15) is 10.4 Å². The predicted molar refractivity (Wildman–Crippen MR) is 110 cm³/mol. The van der Waals surface area contributed by atoms with E-state index < -0.39 is 5.82 Å². The molecule has 0 saturated heterocycles. The lowest BCUT2D eigenvalue weighted by molar-refractivity contribution is -0.132. The number of rotatable bonds is 4. The Hall–Kier alpha value is -2.29. The van der Waals surface area contributed by atoms with Gasteiger partial charge in [-0.3, -0.25) is 4.79 Å². The van der Waals surface area contributed by atoms with Crippen molar-refractivity contribution in [1.82, 2.24) is 19.8 Å². The normalized spacial score (nSPS) is 13.8. The first-order chi connectivity index (χ1) is 13.4. The van der Waals surface area contributed by atoms with Gasteiger partial charge in [0, 0.05) is 17.1 Å². The zero-order valence-electron chi connectivity index (χ0n) is 15.5. The van der Waals surface area contributed by atoms with E-state index in [1.807, 2.05) is 23.9 Å². The number of benzene rings is 1. The number of aromatic nitrogens is 2. The second-order valence-corrected chi connectivity index (χ2v) is 8.45. The number of hydrogen-bond donors (Lipinski definition) is 1. The van der Waals surface area contributed by atoms with Crippen molar-refractivity contribution in [2.45, 2.75) is 13.0 Å². The Bertz CT molecular complexity index is 1050. The third-order valence-corrected chi connectivity index (χ3v) is 6.04. The molecule has 0 radical (unpaired) electrons. The van der Waals surface area contributed by atoms with Crippen molar-refractivity contribution in [3.05, 3.63) is 45.8 Å². The number of thiophene rings is 1. The maximum absolute atomic E-state index is 13.4. The van der Waals surface area contributed by atoms with Crippen molar-refractivity contribution >= 4 is 50.6 Å². The maximum Gasteiger partial charge on any atom is 0.237 e. The second kappa shape index (κ2) is 7.62. The molecule has 1 aliphatic heterocycles. The van der Waals surface area contributed by atoms with Crippen LogP contribution < -0.4 is 5.32 Å². The Kier molecular flexibility index (Phi) is 5.18. The van der Waals surface area contributed by atoms with Gasteiger partial charge in [-0.1, -0.05) is 11.6 Å². The summed E-state index contributed by atoms with van der Waals surface area (Å²) in [6, 6.07) is 4.47. The molecule has 3 aromatic rings. The van der Waals surface area contributed by atoms with Gasteiger partial charge in [0.2, 0.25) is 5.91 Å². The number of nitrogens with one attached hydrogen (secondary N) is 1. The molecule has 1 aliphatic rings. The van der Waals surface area contributed by atoms with E-state index in [4.69, 9.17) is 11.6 Å². The van der Waals surface area contributed by atoms with Gasteiger partial charge >= 0.3 is 0 Å². The van der Waals surface area contributed by atoms with Gasteiger partial charge in [-0.2, -0.15) is 0 Å². The molecule has 3 heterocycles. The van der Waals surface area contributed by atoms with Crippen molar-refractivity contribution in [1.29, 1.82) is 0 Å². The first-order valence-electron chi connectivity index (χ1n) is 8.82. The quantitative estimate of drug-likeness (QED) is 0.699. The zero-order chi connectivity index (χ0) is 19.8. The lowest BCUT2D eigenvalue weighted by Crippen LogP contribution is -2.40. The molecule has 1 N–H and O–H groups in total. The molecule has 0 saturated carbocycles. The molecule has 0 fully saturated rings. The highest BCUT2D eigenvalue weighted by Crippen LogP contribution is 2.38. The summed E-state index contributed by atoms with van der Waals surface area (Å²) in [5.41, 5.74) is 1.83. The average Bonchev–Trinajstić information content (AvgIpc) is 3.03. The summed E-state index contributed by atoms with van der Waals surface area (Å²) in [5.74, 6) is 0.326. The lowest BCUT2D eigenvalue weighted by Gasteiger charge is -2.28. The number of halogens is 2. The number of carbonyl (C=O) groups is 1. The highest BCUT2D eigenvalue weighted by atomic mass is 35.5. The van der Waals surface area contributed by atoms with Crippen LogP contribution in [0.3, 0.4) is 0 Å². The predicted octanol–water partition coefficient (Wildman–Crippen LogP) is 3.67. The van der Waals surface area contributed by atoms with Crippen LogP contribution in [-0.4, -0.2) is 52.9 Å². The van der Waals surface area contributed by atoms with E-state index in [2.05, 4.69) is 15.3 Å². The van der Waals surface area contributed by atoms with Crippen molar-refractivity contribution in [3.63, 3.8) is 0 Å². The molecule has 0 bridgehead atoms. The highest BCUT2D eigenvalue weighted by molar-refractivity contribution is 7.19. The van der Waals surface area contributed by atoms with E-state index in [0.717, 1.165) is 21.5 Å². The standard InChI is InChI=1S/C19H19ClFN5OS/c1-25(2)9-16(27)26-6-5-12-15(8-26)28-19-17(12)18(22-10-23-19)24-11-3-4-14(21)13(20)7-11/h3-4,7,10H,5-6,8-9H2,1-2H3,(H,22,23,24). The SMILES string of the molecule is CN(C)CC(=O)N1CCc2c(sc3ncnc(Nc4ccc(F)c(Cl)c4)c23)C1. The minimum Gasteiger partial charge on any atom is -0.340 e. The zero-order valence-corrected chi connectivity index (χ0v) is 17.1. The Morgan fingerprint density at radius 2 is 2.21 bits per heavy atom. The minimum absolute atomic E-state index is 0.0534. The average molecular weight is 420 g/mol. The number of hydrogen-bond acceptors (Lipinski definition) is 6. The molecule has 0 atom stereocenters. The Labute approximate surface area is 170 Å². The van der Waals surface area contributed by atoms with Crippen LogP contribution in [0.25, 0.3) is 10.2 Å². The van der Waals surface area contributed by atoms with E-state index >= 15 is 0 Å². The van der Waals surface area contributed by atoms with Crippen molar-refractivity contribution in [2.75, 3.05) is 32.5 Å². The van der Waals surface area contributed by atoms with Crippen LogP contribution in [0.15, 0.2) is 24.5 Å². The lowest BCUT2D eigenvalue weighted by atomic mass is 10.0. The molecule has 28 heavy (non-hydrogen) atoms. The Balaban J connectivity index is 1.65. The fourth-order valence-corrected chi connectivity index (χ4v) is 4.70. The van der Waals surface area contributed by atoms with Crippen LogP contribution in [-0.2, 0) is 17.8 Å². The maximum atomic E-state index is 13.4. The number of nitrogens with zero attached hydrogens (tertiary/aromatic N) is 4. The molecule has 0 aliphatic carbocycles. The molecule has 4 rings (SSSR count). The van der Waals surface area contributed by atoms with E-state index in [-0.39, 0.29) is 10.9 Å². The van der Waals surface area contributed by atoms with E-state index in [9.17, 15) is 9.18 Å². The van der Waals surface area contributed by atoms with Gasteiger partial charge in [-0.15, -0.1) is 11.3 Å². The fraction of sp³-hybridized carbons (Fsp3) is 0.316. The number of anilines is 2. The molecule has 0 spiro atoms. The number of fused-ring (bicyclic) bond motifs is 3. The molecule has 2 aromatic heterocycles. The van der Waals surface area contributed by atoms with Crippen LogP contribution >= 0.6 is 22.9 Å². The molecule has 1 aromatic carbocycles. The molecule has 146 valence electrons. The van der Waals surface area contributed by atoms with Crippen LogP contribution in [0.4, 0.5) is 15.9 Å². The highest BCUT2D eigenvalue weighted by Gasteiger charge is 2.26. The third-order valence-electron chi connectivity index (χ3n) is 4.62. The molecule has 9 heteroatoms. The van der Waals surface area contributed by atoms with Crippen LogP contribution in [0.5, 0.6) is 0 Å². The number of carbonyl (C=O) groups excluding carboxylic acids is 1. The molecular formula is C19H19ClFN5OS. The Morgan fingerprint density at radius 3 is 2.96 bits per heavy atom. The van der Waals surface area contributed by atoms with Gasteiger partial charge in [-0.25, -0.2) is 14.4 Å². The van der Waals surface area contributed by atoms with Crippen LogP contribution in [0.2, 0.25) is 5.02 Å². The summed E-state index contributed by atoms with van der Waals surface area (Å²) >= 11 is 7.47. The number of amides is 1. The van der Waals surface area contributed by atoms with Gasteiger partial charge in [0.05, 0.1) is 23.5 Å². The topological polar surface area (TPSA) is 61.4 Å². The number of likely N-dealkylation sites (N-methyl/N-ethyl adjacent to an activating group) is 1.